The van der Waals surface area contributed by atoms with Gasteiger partial charge in [0.1, 0.15) is 19.0 Å². The van der Waals surface area contributed by atoms with Crippen LogP contribution in [0, 0.1) is 5.41 Å². The van der Waals surface area contributed by atoms with Gasteiger partial charge in [0.2, 0.25) is 0 Å². The molecule has 0 unspecified atom stereocenters. The van der Waals surface area contributed by atoms with Crippen molar-refractivity contribution in [3.8, 4) is 16.8 Å². The number of nitrogens with zero attached hydrogens (tertiary/aromatic N) is 7. The largest absolute Gasteiger partial charge is 0.447 e. The fourth-order valence-corrected chi connectivity index (χ4v) is 6.19. The summed E-state index contributed by atoms with van der Waals surface area (Å²) in [5.41, 5.74) is 6.12. The number of aromatic nitrogens is 5. The molecule has 0 saturated heterocycles. The van der Waals surface area contributed by atoms with Crippen LogP contribution in [-0.4, -0.2) is 66.0 Å². The Labute approximate surface area is 293 Å². The minimum Gasteiger partial charge on any atom is -0.447 e. The summed E-state index contributed by atoms with van der Waals surface area (Å²) < 4.78 is 84.6. The predicted molar refractivity (Wildman–Crippen MR) is 175 cm³/mol. The Kier molecular flexibility index (Phi) is 7.89. The van der Waals surface area contributed by atoms with E-state index in [1.54, 1.807) is 24.3 Å². The number of ether oxygens (including phenoxy) is 1. The molecule has 1 saturated carbocycles. The van der Waals surface area contributed by atoms with Crippen LogP contribution in [0.1, 0.15) is 67.1 Å². The van der Waals surface area contributed by atoms with Crippen molar-refractivity contribution in [1.82, 2.24) is 34.8 Å². The molecule has 0 radical (unpaired) electrons. The number of guanidine groups is 1. The van der Waals surface area contributed by atoms with Gasteiger partial charge in [0.15, 0.2) is 17.3 Å². The van der Waals surface area contributed by atoms with Gasteiger partial charge in [-0.2, -0.15) is 10.2 Å². The second-order valence-corrected chi connectivity index (χ2v) is 13.7. The Hall–Kier alpha value is -4.99. The van der Waals surface area contributed by atoms with Gasteiger partial charge in [-0.1, -0.05) is 62.7 Å². The molecule has 0 bridgehead atoms. The second-order valence-electron chi connectivity index (χ2n) is 13.3. The van der Waals surface area contributed by atoms with Gasteiger partial charge in [0.05, 0.1) is 22.9 Å². The van der Waals surface area contributed by atoms with Crippen molar-refractivity contribution in [1.29, 1.82) is 0 Å². The average Bonchev–Trinajstić information content (AvgIpc) is 3.53. The third-order valence-electron chi connectivity index (χ3n) is 8.34. The molecule has 6 rings (SSSR count). The first-order chi connectivity index (χ1) is 24.7. The highest BCUT2D eigenvalue weighted by atomic mass is 35.5. The first kappa shape index (κ1) is 31.0. The van der Waals surface area contributed by atoms with Crippen molar-refractivity contribution in [2.45, 2.75) is 63.6 Å². The van der Waals surface area contributed by atoms with Crippen LogP contribution in [-0.2, 0) is 22.0 Å². The highest BCUT2D eigenvalue weighted by molar-refractivity contribution is 6.32. The number of hydrogen-bond donors (Lipinski definition) is 2. The number of hydrogen-bond acceptors (Lipinski definition) is 8. The summed E-state index contributed by atoms with van der Waals surface area (Å²) in [7, 11) is 0. The van der Waals surface area contributed by atoms with Crippen molar-refractivity contribution in [3.05, 3.63) is 83.2 Å². The van der Waals surface area contributed by atoms with Crippen molar-refractivity contribution in [2.75, 3.05) is 6.61 Å². The van der Waals surface area contributed by atoms with Crippen LogP contribution in [0.4, 0.5) is 22.4 Å². The lowest BCUT2D eigenvalue weighted by Gasteiger charge is -2.35. The number of halogens is 5. The van der Waals surface area contributed by atoms with Crippen molar-refractivity contribution < 1.29 is 36.0 Å². The molecule has 12 nitrogen and oxygen atoms in total. The number of rotatable bonds is 10. The standard InChI is InChI=1S/C33H34ClF4N9O3/c1-31(2,3)16-32(21-8-5-18(6-9-21)20-13-41-45(4)14-20)28(48)46(29(39)44-32)24(15-50-30(49)43-25-12-33(25,37)38)19-7-10-22(34)23(11-19)47-27(26(35)36)40-17-42-47/h5-11,13-14,17,24-26H,12,15-16H2,1-4H3,(H2,39,44)(H,43,49)/t24-,25+,32-/m1/s1/i4D3. The van der Waals surface area contributed by atoms with E-state index in [1.807, 2.05) is 20.8 Å². The smallest absolute Gasteiger partial charge is 0.407 e. The number of alkyl halides is 4. The van der Waals surface area contributed by atoms with Crippen LogP contribution in [0.15, 0.2) is 66.2 Å². The molecule has 2 aromatic carbocycles. The minimum absolute atomic E-state index is 0.00417. The molecule has 4 aromatic rings. The van der Waals surface area contributed by atoms with E-state index in [0.717, 1.165) is 20.6 Å². The summed E-state index contributed by atoms with van der Waals surface area (Å²) in [6.45, 7) is 2.60. The van der Waals surface area contributed by atoms with E-state index >= 15 is 0 Å². The number of amides is 2. The molecule has 17 heteroatoms. The first-order valence-corrected chi connectivity index (χ1v) is 15.7. The number of aliphatic imine (C=N–C) groups is 1. The molecule has 1 fully saturated rings. The summed E-state index contributed by atoms with van der Waals surface area (Å²) in [5, 5.41) is 9.89. The number of carbonyl (C=O) groups is 2. The summed E-state index contributed by atoms with van der Waals surface area (Å²) in [6.07, 6.45) is -0.922. The van der Waals surface area contributed by atoms with Gasteiger partial charge in [0.25, 0.3) is 18.3 Å². The fourth-order valence-electron chi connectivity index (χ4n) is 6.00. The zero-order valence-corrected chi connectivity index (χ0v) is 27.7. The van der Waals surface area contributed by atoms with Gasteiger partial charge >= 0.3 is 6.09 Å². The van der Waals surface area contributed by atoms with Gasteiger partial charge in [-0.15, -0.1) is 0 Å². The summed E-state index contributed by atoms with van der Waals surface area (Å²) in [5.74, 6) is -4.68. The van der Waals surface area contributed by atoms with E-state index in [-0.39, 0.29) is 28.7 Å². The number of nitrogens with two attached hydrogens (primary N) is 1. The Morgan fingerprint density at radius 3 is 2.52 bits per heavy atom. The number of alkyl carbamates (subject to hydrolysis) is 1. The Bertz CT molecular complexity index is 2070. The molecule has 2 aromatic heterocycles. The van der Waals surface area contributed by atoms with E-state index < -0.39 is 73.2 Å². The van der Waals surface area contributed by atoms with Crippen LogP contribution in [0.3, 0.4) is 0 Å². The molecule has 1 aliphatic heterocycles. The maximum atomic E-state index is 14.9. The van der Waals surface area contributed by atoms with E-state index in [9.17, 15) is 27.2 Å². The van der Waals surface area contributed by atoms with E-state index in [0.29, 0.717) is 16.7 Å². The SMILES string of the molecule is [2H]C([2H])([2H])n1cc(-c2ccc([C@@]3(CC(C)(C)C)N=C(N)N([C@H](COC(=O)N[C@H]4CC4(F)F)c4ccc(Cl)c(-n5ncnc5C(F)F)c4)C3=O)cc2)cn1. The van der Waals surface area contributed by atoms with Gasteiger partial charge in [-0.25, -0.2) is 37.0 Å². The molecule has 1 aliphatic carbocycles. The first-order valence-electron chi connectivity index (χ1n) is 16.8. The van der Waals surface area contributed by atoms with Crippen molar-refractivity contribution in [3.63, 3.8) is 0 Å². The lowest BCUT2D eigenvalue weighted by Crippen LogP contribution is -2.47. The fraction of sp³-hybridized carbons (Fsp3) is 0.394. The Morgan fingerprint density at radius 2 is 1.90 bits per heavy atom. The predicted octanol–water partition coefficient (Wildman–Crippen LogP) is 5.92. The summed E-state index contributed by atoms with van der Waals surface area (Å²) in [6, 6.07) is 8.20. The van der Waals surface area contributed by atoms with Gasteiger partial charge in [-0.3, -0.25) is 14.4 Å². The molecular formula is C33H34ClF4N9O3. The maximum Gasteiger partial charge on any atom is 0.407 e. The molecule has 0 spiro atoms. The zero-order chi connectivity index (χ0) is 38.7. The van der Waals surface area contributed by atoms with Crippen molar-refractivity contribution in [2.24, 2.45) is 23.1 Å². The molecular weight excluding hydrogens is 682 g/mol. The van der Waals surface area contributed by atoms with Crippen LogP contribution in [0.25, 0.3) is 16.8 Å². The van der Waals surface area contributed by atoms with E-state index in [4.69, 9.17) is 31.2 Å². The third kappa shape index (κ3) is 6.75. The van der Waals surface area contributed by atoms with E-state index in [2.05, 4.69) is 20.5 Å². The quantitative estimate of drug-likeness (QED) is 0.194. The number of benzene rings is 2. The maximum absolute atomic E-state index is 14.9. The molecule has 3 N–H and O–H groups in total. The van der Waals surface area contributed by atoms with Gasteiger partial charge in [-0.05, 0) is 40.7 Å². The second kappa shape index (κ2) is 12.7. The zero-order valence-electron chi connectivity index (χ0n) is 29.9. The number of nitrogens with one attached hydrogen (secondary N) is 1. The minimum atomic E-state index is -3.08. The number of carbonyl (C=O) groups excluding carboxylic acids is 2. The molecule has 2 amide bonds. The van der Waals surface area contributed by atoms with Gasteiger partial charge in [0, 0.05) is 29.3 Å². The van der Waals surface area contributed by atoms with Crippen LogP contribution >= 0.6 is 11.6 Å². The van der Waals surface area contributed by atoms with Crippen molar-refractivity contribution >= 4 is 29.6 Å². The molecule has 50 heavy (non-hydrogen) atoms. The Morgan fingerprint density at radius 1 is 1.18 bits per heavy atom. The lowest BCUT2D eigenvalue weighted by molar-refractivity contribution is -0.135. The lowest BCUT2D eigenvalue weighted by atomic mass is 9.75. The number of aryl methyl sites for hydroxylation is 1. The normalized spacial score (nSPS) is 21.7. The van der Waals surface area contributed by atoms with Crippen LogP contribution in [0.2, 0.25) is 5.02 Å². The molecule has 2 aliphatic rings. The highest BCUT2D eigenvalue weighted by Crippen LogP contribution is 2.46. The summed E-state index contributed by atoms with van der Waals surface area (Å²) >= 11 is 6.42. The average molecular weight is 719 g/mol. The van der Waals surface area contributed by atoms with Crippen LogP contribution < -0.4 is 11.1 Å². The molecule has 3 atom stereocenters. The highest BCUT2D eigenvalue weighted by Gasteiger charge is 2.58. The third-order valence-corrected chi connectivity index (χ3v) is 8.66. The monoisotopic (exact) mass is 718 g/mol. The van der Waals surface area contributed by atoms with Crippen LogP contribution in [0.5, 0.6) is 0 Å². The molecule has 264 valence electrons. The van der Waals surface area contributed by atoms with E-state index in [1.165, 1.54) is 30.6 Å². The van der Waals surface area contributed by atoms with Gasteiger partial charge < -0.3 is 15.8 Å². The molecule has 3 heterocycles. The topological polar surface area (TPSA) is 146 Å². The summed E-state index contributed by atoms with van der Waals surface area (Å²) in [4.78, 5) is 37.0. The Balaban J connectivity index is 1.39.